The van der Waals surface area contributed by atoms with Gasteiger partial charge in [0.2, 0.25) is 0 Å². The molecule has 1 aromatic heterocycles. The molecule has 0 saturated carbocycles. The van der Waals surface area contributed by atoms with Gasteiger partial charge in [-0.3, -0.25) is 9.80 Å². The van der Waals surface area contributed by atoms with Gasteiger partial charge < -0.3 is 9.84 Å². The molecule has 8 aromatic carbocycles. The summed E-state index contributed by atoms with van der Waals surface area (Å²) in [5.41, 5.74) is 8.48. The lowest BCUT2D eigenvalue weighted by Gasteiger charge is -2.25. The van der Waals surface area contributed by atoms with E-state index in [0.29, 0.717) is 5.76 Å². The standard InChI is InChI=1S/C53H41N4O2/c58-33-34-59-47(29-31-52-54(43-21-5-1-6-22-43)48-35-39-17-13-14-18-40(39)36-49(48)55(52)44-23-7-2-8-24-44)30-32-53-56(45-25-9-3-10-26-45)50-37-41-19-15-16-20-42(41)38-51(50)57(53)46-27-11-4-12-28-46/h1-32,35-38,58H,33-34H2/q+1. The zero-order valence-corrected chi connectivity index (χ0v) is 32.3. The fourth-order valence-corrected chi connectivity index (χ4v) is 8.16. The number of benzene rings is 8. The van der Waals surface area contributed by atoms with Crippen molar-refractivity contribution >= 4 is 61.4 Å². The largest absolute Gasteiger partial charge is 0.491 e. The molecule has 1 aliphatic rings. The van der Waals surface area contributed by atoms with Crippen molar-refractivity contribution < 1.29 is 14.4 Å². The normalized spacial score (nSPS) is 12.9. The molecular weight excluding hydrogens is 725 g/mol. The molecule has 0 spiro atoms. The van der Waals surface area contributed by atoms with Crippen LogP contribution in [0.3, 0.4) is 0 Å². The number of imidazole rings is 1. The van der Waals surface area contributed by atoms with E-state index < -0.39 is 0 Å². The molecule has 59 heavy (non-hydrogen) atoms. The van der Waals surface area contributed by atoms with E-state index in [4.69, 9.17) is 4.74 Å². The minimum absolute atomic E-state index is 0.118. The molecule has 284 valence electrons. The first-order valence-corrected chi connectivity index (χ1v) is 19.9. The van der Waals surface area contributed by atoms with Crippen molar-refractivity contribution in [2.24, 2.45) is 0 Å². The molecule has 0 fully saturated rings. The van der Waals surface area contributed by atoms with Crippen molar-refractivity contribution in [2.75, 3.05) is 23.0 Å². The van der Waals surface area contributed by atoms with Gasteiger partial charge in [-0.25, -0.2) is 0 Å². The van der Waals surface area contributed by atoms with E-state index in [1.165, 1.54) is 21.5 Å². The maximum atomic E-state index is 10.0. The smallest absolute Gasteiger partial charge is 0.293 e. The molecule has 0 bridgehead atoms. The number of ether oxygens (including phenoxy) is 1. The van der Waals surface area contributed by atoms with E-state index in [2.05, 4.69) is 201 Å². The Bertz CT molecular complexity index is 2840. The number of aromatic nitrogens is 2. The number of nitrogens with zero attached hydrogens (tertiary/aromatic N) is 4. The lowest BCUT2D eigenvalue weighted by Crippen LogP contribution is -2.33. The molecule has 0 aliphatic carbocycles. The summed E-state index contributed by atoms with van der Waals surface area (Å²) >= 11 is 0. The first-order chi connectivity index (χ1) is 29.2. The Kier molecular flexibility index (Phi) is 9.50. The van der Waals surface area contributed by atoms with Crippen LogP contribution >= 0.6 is 0 Å². The van der Waals surface area contributed by atoms with Gasteiger partial charge in [-0.2, -0.15) is 9.13 Å². The zero-order chi connectivity index (χ0) is 39.5. The van der Waals surface area contributed by atoms with Gasteiger partial charge in [-0.05, 0) is 113 Å². The van der Waals surface area contributed by atoms with Crippen LogP contribution in [0.5, 0.6) is 0 Å². The highest BCUT2D eigenvalue weighted by Gasteiger charge is 2.34. The molecule has 6 nitrogen and oxygen atoms in total. The van der Waals surface area contributed by atoms with Crippen molar-refractivity contribution in [3.8, 4) is 11.4 Å². The van der Waals surface area contributed by atoms with Crippen LogP contribution in [0.1, 0.15) is 5.82 Å². The quantitative estimate of drug-likeness (QED) is 0.0855. The lowest BCUT2D eigenvalue weighted by atomic mass is 10.1. The predicted octanol–water partition coefficient (Wildman–Crippen LogP) is 12.0. The van der Waals surface area contributed by atoms with Crippen LogP contribution in [0.2, 0.25) is 0 Å². The van der Waals surface area contributed by atoms with Crippen molar-refractivity contribution in [3.63, 3.8) is 0 Å². The highest BCUT2D eigenvalue weighted by atomic mass is 16.5. The average molecular weight is 766 g/mol. The number of hydrogen-bond acceptors (Lipinski definition) is 4. The van der Waals surface area contributed by atoms with Crippen LogP contribution in [0.15, 0.2) is 224 Å². The summed E-state index contributed by atoms with van der Waals surface area (Å²) in [5, 5.41) is 14.7. The van der Waals surface area contributed by atoms with E-state index in [1.54, 1.807) is 0 Å². The van der Waals surface area contributed by atoms with Crippen molar-refractivity contribution in [2.45, 2.75) is 0 Å². The van der Waals surface area contributed by atoms with E-state index >= 15 is 0 Å². The second-order valence-corrected chi connectivity index (χ2v) is 14.4. The summed E-state index contributed by atoms with van der Waals surface area (Å²) in [6.45, 7) is 0.0223. The summed E-state index contributed by atoms with van der Waals surface area (Å²) in [7, 11) is 0. The molecule has 9 aromatic rings. The Balaban J connectivity index is 1.18. The number of aliphatic hydroxyl groups is 1. The summed E-state index contributed by atoms with van der Waals surface area (Å²) in [6, 6.07) is 68.0. The van der Waals surface area contributed by atoms with E-state index in [1.807, 2.05) is 36.4 Å². The van der Waals surface area contributed by atoms with Crippen LogP contribution in [0, 0.1) is 0 Å². The number of para-hydroxylation sites is 4. The van der Waals surface area contributed by atoms with Crippen LogP contribution in [-0.4, -0.2) is 22.9 Å². The minimum Gasteiger partial charge on any atom is -0.491 e. The van der Waals surface area contributed by atoms with Crippen LogP contribution in [-0.2, 0) is 4.74 Å². The first-order valence-electron chi connectivity index (χ1n) is 19.9. The van der Waals surface area contributed by atoms with E-state index in [9.17, 15) is 5.11 Å². The van der Waals surface area contributed by atoms with Gasteiger partial charge in [0.1, 0.15) is 29.6 Å². The second kappa shape index (κ2) is 15.7. The van der Waals surface area contributed by atoms with E-state index in [0.717, 1.165) is 56.8 Å². The number of hydrogen-bond donors (Lipinski definition) is 1. The Labute approximate surface area is 343 Å². The average Bonchev–Trinajstić information content (AvgIpc) is 3.79. The summed E-state index contributed by atoms with van der Waals surface area (Å²) in [6.07, 6.45) is 8.25. The Morgan fingerprint density at radius 1 is 0.542 bits per heavy atom. The molecule has 10 rings (SSSR count). The zero-order valence-electron chi connectivity index (χ0n) is 32.3. The van der Waals surface area contributed by atoms with Crippen molar-refractivity contribution in [1.82, 2.24) is 4.57 Å². The van der Waals surface area contributed by atoms with Gasteiger partial charge in [-0.1, -0.05) is 121 Å². The lowest BCUT2D eigenvalue weighted by molar-refractivity contribution is -0.570. The van der Waals surface area contributed by atoms with Gasteiger partial charge >= 0.3 is 0 Å². The summed E-state index contributed by atoms with van der Waals surface area (Å²) in [4.78, 5) is 4.61. The Hall–Kier alpha value is -7.67. The number of allylic oxidation sites excluding steroid dienone is 3. The number of aliphatic hydroxyl groups excluding tert-OH is 1. The number of fused-ring (bicyclic) bond motifs is 4. The number of anilines is 4. The van der Waals surface area contributed by atoms with Crippen LogP contribution < -0.4 is 14.4 Å². The van der Waals surface area contributed by atoms with Gasteiger partial charge in [0.05, 0.1) is 18.0 Å². The molecule has 1 N–H and O–H groups in total. The minimum atomic E-state index is -0.118. The Morgan fingerprint density at radius 3 is 1.56 bits per heavy atom. The van der Waals surface area contributed by atoms with Crippen molar-refractivity contribution in [3.05, 3.63) is 230 Å². The first kappa shape index (κ1) is 35.7. The highest BCUT2D eigenvalue weighted by Crippen LogP contribution is 2.51. The Morgan fingerprint density at radius 2 is 1.02 bits per heavy atom. The molecular formula is C53H41N4O2+. The summed E-state index contributed by atoms with van der Waals surface area (Å²) < 4.78 is 11.0. The second-order valence-electron chi connectivity index (χ2n) is 14.4. The molecule has 0 saturated heterocycles. The number of rotatable bonds is 10. The van der Waals surface area contributed by atoms with Crippen molar-refractivity contribution in [1.29, 1.82) is 0 Å². The maximum Gasteiger partial charge on any atom is 0.293 e. The fourth-order valence-electron chi connectivity index (χ4n) is 8.16. The maximum absolute atomic E-state index is 10.0. The highest BCUT2D eigenvalue weighted by molar-refractivity contribution is 6.01. The molecule has 6 heteroatoms. The predicted molar refractivity (Wildman–Crippen MR) is 242 cm³/mol. The SMILES string of the molecule is OCCOC(C=Cc1n(-c2ccccc2)c2cc3ccccc3cc2[n+]1-c1ccccc1)=CC=C1N(c2ccccc2)c2cc3ccccc3cc2N1c1ccccc1. The topological polar surface area (TPSA) is 44.8 Å². The molecule has 2 heterocycles. The third-order valence-electron chi connectivity index (χ3n) is 10.8. The molecule has 1 aliphatic heterocycles. The third kappa shape index (κ3) is 6.71. The van der Waals surface area contributed by atoms with Crippen LogP contribution in [0.25, 0.3) is 50.0 Å². The summed E-state index contributed by atoms with van der Waals surface area (Å²) in [5.74, 6) is 2.48. The van der Waals surface area contributed by atoms with Gasteiger partial charge in [0.15, 0.2) is 11.0 Å². The van der Waals surface area contributed by atoms with E-state index in [-0.39, 0.29) is 13.2 Å². The molecule has 0 atom stereocenters. The third-order valence-corrected chi connectivity index (χ3v) is 10.8. The molecule has 0 amide bonds. The molecule has 0 unspecified atom stereocenters. The van der Waals surface area contributed by atoms with Gasteiger partial charge in [0, 0.05) is 17.5 Å². The van der Waals surface area contributed by atoms with Crippen LogP contribution in [0.4, 0.5) is 22.7 Å². The van der Waals surface area contributed by atoms with Gasteiger partial charge in [0.25, 0.3) is 5.82 Å². The van der Waals surface area contributed by atoms with Gasteiger partial charge in [-0.15, -0.1) is 0 Å². The monoisotopic (exact) mass is 765 g/mol. The fraction of sp³-hybridized carbons (Fsp3) is 0.0377. The molecule has 0 radical (unpaired) electrons.